The highest BCUT2D eigenvalue weighted by atomic mass is 35.5. The topological polar surface area (TPSA) is 12.0 Å². The Morgan fingerprint density at radius 1 is 1.00 bits per heavy atom. The second-order valence-corrected chi connectivity index (χ2v) is 5.65. The normalized spacial score (nSPS) is 12.4. The fourth-order valence-electron chi connectivity index (χ4n) is 2.26. The van der Waals surface area contributed by atoms with Crippen LogP contribution in [0, 0.1) is 11.6 Å². The molecule has 21 heavy (non-hydrogen) atoms. The molecular weight excluding hydrogens is 292 g/mol. The molecule has 2 aromatic rings. The van der Waals surface area contributed by atoms with E-state index in [-0.39, 0.29) is 6.04 Å². The Morgan fingerprint density at radius 2 is 1.62 bits per heavy atom. The molecule has 1 atom stereocenters. The Hall–Kier alpha value is -1.45. The van der Waals surface area contributed by atoms with Gasteiger partial charge >= 0.3 is 0 Å². The van der Waals surface area contributed by atoms with Crippen LogP contribution in [0.2, 0.25) is 5.02 Å². The van der Waals surface area contributed by atoms with Gasteiger partial charge in [-0.25, -0.2) is 8.78 Å². The number of nitrogens with one attached hydrogen (secondary N) is 1. The molecule has 0 amide bonds. The minimum Gasteiger partial charge on any atom is -0.314 e. The van der Waals surface area contributed by atoms with E-state index in [9.17, 15) is 8.78 Å². The summed E-state index contributed by atoms with van der Waals surface area (Å²) in [7, 11) is 0. The van der Waals surface area contributed by atoms with Crippen molar-refractivity contribution in [3.63, 3.8) is 0 Å². The SMILES string of the molecule is CC(Cc1ccc(Cl)cc1)NCCc1cc(F)cc(F)c1. The van der Waals surface area contributed by atoms with Crippen molar-refractivity contribution < 1.29 is 8.78 Å². The first kappa shape index (κ1) is 15.9. The van der Waals surface area contributed by atoms with Crippen LogP contribution in [0.15, 0.2) is 42.5 Å². The van der Waals surface area contributed by atoms with Gasteiger partial charge in [-0.2, -0.15) is 0 Å². The fraction of sp³-hybridized carbons (Fsp3) is 0.294. The Bertz CT molecular complexity index is 564. The fourth-order valence-corrected chi connectivity index (χ4v) is 2.39. The Labute approximate surface area is 128 Å². The lowest BCUT2D eigenvalue weighted by Gasteiger charge is -2.14. The van der Waals surface area contributed by atoms with Gasteiger partial charge in [-0.1, -0.05) is 23.7 Å². The molecule has 1 nitrogen and oxygen atoms in total. The van der Waals surface area contributed by atoms with E-state index in [1.807, 2.05) is 24.3 Å². The first-order valence-corrected chi connectivity index (χ1v) is 7.33. The summed E-state index contributed by atoms with van der Waals surface area (Å²) in [5.74, 6) is -1.06. The third-order valence-electron chi connectivity index (χ3n) is 3.28. The van der Waals surface area contributed by atoms with E-state index < -0.39 is 11.6 Å². The summed E-state index contributed by atoms with van der Waals surface area (Å²) in [6.07, 6.45) is 1.48. The van der Waals surface area contributed by atoms with Crippen LogP contribution in [0.5, 0.6) is 0 Å². The highest BCUT2D eigenvalue weighted by Gasteiger charge is 2.04. The number of rotatable bonds is 6. The van der Waals surface area contributed by atoms with Crippen LogP contribution in [-0.2, 0) is 12.8 Å². The van der Waals surface area contributed by atoms with Crippen molar-refractivity contribution in [2.75, 3.05) is 6.54 Å². The van der Waals surface area contributed by atoms with Gasteiger partial charge in [0.05, 0.1) is 0 Å². The summed E-state index contributed by atoms with van der Waals surface area (Å²) < 4.78 is 26.1. The molecule has 0 spiro atoms. The van der Waals surface area contributed by atoms with Crippen molar-refractivity contribution in [2.45, 2.75) is 25.8 Å². The summed E-state index contributed by atoms with van der Waals surface area (Å²) >= 11 is 5.85. The lowest BCUT2D eigenvalue weighted by Crippen LogP contribution is -2.30. The maximum absolute atomic E-state index is 13.1. The van der Waals surface area contributed by atoms with Crippen molar-refractivity contribution in [2.24, 2.45) is 0 Å². The molecular formula is C17H18ClF2N. The van der Waals surface area contributed by atoms with Gasteiger partial charge in [-0.3, -0.25) is 0 Å². The standard InChI is InChI=1S/C17H18ClF2N/c1-12(8-13-2-4-15(18)5-3-13)21-7-6-14-9-16(19)11-17(20)10-14/h2-5,9-12,21H,6-8H2,1H3. The van der Waals surface area contributed by atoms with Crippen LogP contribution in [0.3, 0.4) is 0 Å². The third kappa shape index (κ3) is 5.44. The van der Waals surface area contributed by atoms with Crippen molar-refractivity contribution in [3.05, 3.63) is 70.2 Å². The zero-order valence-corrected chi connectivity index (χ0v) is 12.6. The highest BCUT2D eigenvalue weighted by Crippen LogP contribution is 2.11. The van der Waals surface area contributed by atoms with Crippen molar-refractivity contribution in [3.8, 4) is 0 Å². The monoisotopic (exact) mass is 309 g/mol. The molecule has 112 valence electrons. The minimum atomic E-state index is -0.529. The number of hydrogen-bond donors (Lipinski definition) is 1. The molecule has 1 unspecified atom stereocenters. The molecule has 0 saturated carbocycles. The van der Waals surface area contributed by atoms with Crippen molar-refractivity contribution in [1.82, 2.24) is 5.32 Å². The summed E-state index contributed by atoms with van der Waals surface area (Å²) in [6.45, 7) is 2.76. The van der Waals surface area contributed by atoms with Gasteiger partial charge in [0.1, 0.15) is 11.6 Å². The molecule has 4 heteroatoms. The van der Waals surface area contributed by atoms with Crippen LogP contribution >= 0.6 is 11.6 Å². The minimum absolute atomic E-state index is 0.282. The number of benzene rings is 2. The van der Waals surface area contributed by atoms with Gasteiger partial charge in [0.15, 0.2) is 0 Å². The predicted octanol–water partition coefficient (Wildman–Crippen LogP) is 4.38. The van der Waals surface area contributed by atoms with E-state index in [2.05, 4.69) is 12.2 Å². The number of hydrogen-bond acceptors (Lipinski definition) is 1. The van der Waals surface area contributed by atoms with Gasteiger partial charge in [0.2, 0.25) is 0 Å². The van der Waals surface area contributed by atoms with Crippen molar-refractivity contribution >= 4 is 11.6 Å². The van der Waals surface area contributed by atoms with Gasteiger partial charge < -0.3 is 5.32 Å². The van der Waals surface area contributed by atoms with Crippen molar-refractivity contribution in [1.29, 1.82) is 0 Å². The smallest absolute Gasteiger partial charge is 0.126 e. The lowest BCUT2D eigenvalue weighted by atomic mass is 10.1. The van der Waals surface area contributed by atoms with Crippen LogP contribution in [0.25, 0.3) is 0 Å². The first-order valence-electron chi connectivity index (χ1n) is 6.96. The van der Waals surface area contributed by atoms with Gasteiger partial charge in [-0.05, 0) is 61.7 Å². The molecule has 0 aliphatic carbocycles. The van der Waals surface area contributed by atoms with E-state index in [1.54, 1.807) is 0 Å². The molecule has 0 bridgehead atoms. The second kappa shape index (κ2) is 7.53. The lowest BCUT2D eigenvalue weighted by molar-refractivity contribution is 0.544. The number of halogens is 3. The quantitative estimate of drug-likeness (QED) is 0.835. The van der Waals surface area contributed by atoms with Gasteiger partial charge in [0, 0.05) is 17.1 Å². The van der Waals surface area contributed by atoms with Gasteiger partial charge in [-0.15, -0.1) is 0 Å². The molecule has 0 saturated heterocycles. The highest BCUT2D eigenvalue weighted by molar-refractivity contribution is 6.30. The molecule has 0 aromatic heterocycles. The maximum Gasteiger partial charge on any atom is 0.126 e. The zero-order chi connectivity index (χ0) is 15.2. The summed E-state index contributed by atoms with van der Waals surface area (Å²) in [6, 6.07) is 11.7. The van der Waals surface area contributed by atoms with E-state index in [0.717, 1.165) is 17.5 Å². The summed E-state index contributed by atoms with van der Waals surface area (Å²) in [5, 5.41) is 4.08. The molecule has 2 aromatic carbocycles. The summed E-state index contributed by atoms with van der Waals surface area (Å²) in [4.78, 5) is 0. The third-order valence-corrected chi connectivity index (χ3v) is 3.54. The van der Waals surface area contributed by atoms with E-state index >= 15 is 0 Å². The maximum atomic E-state index is 13.1. The van der Waals surface area contributed by atoms with Crippen LogP contribution in [-0.4, -0.2) is 12.6 Å². The molecule has 0 radical (unpaired) electrons. The predicted molar refractivity (Wildman–Crippen MR) is 82.7 cm³/mol. The van der Waals surface area contributed by atoms with Crippen LogP contribution < -0.4 is 5.32 Å². The zero-order valence-electron chi connectivity index (χ0n) is 11.9. The average Bonchev–Trinajstić information content (AvgIpc) is 2.40. The Morgan fingerprint density at radius 3 is 2.24 bits per heavy atom. The van der Waals surface area contributed by atoms with Crippen LogP contribution in [0.1, 0.15) is 18.1 Å². The van der Waals surface area contributed by atoms with E-state index in [0.29, 0.717) is 18.5 Å². The van der Waals surface area contributed by atoms with E-state index in [1.165, 1.54) is 17.7 Å². The molecule has 0 fully saturated rings. The summed E-state index contributed by atoms with van der Waals surface area (Å²) in [5.41, 5.74) is 1.87. The Balaban J connectivity index is 1.78. The molecule has 2 rings (SSSR count). The average molecular weight is 310 g/mol. The second-order valence-electron chi connectivity index (χ2n) is 5.21. The molecule has 0 heterocycles. The molecule has 1 N–H and O–H groups in total. The largest absolute Gasteiger partial charge is 0.314 e. The Kier molecular flexibility index (Phi) is 5.71. The first-order chi connectivity index (χ1) is 10.0. The van der Waals surface area contributed by atoms with Crippen LogP contribution in [0.4, 0.5) is 8.78 Å². The molecule has 0 aliphatic heterocycles. The van der Waals surface area contributed by atoms with E-state index in [4.69, 9.17) is 11.6 Å². The molecule has 0 aliphatic rings. The van der Waals surface area contributed by atoms with Gasteiger partial charge in [0.25, 0.3) is 0 Å².